The molecule has 90 valence electrons. The van der Waals surface area contributed by atoms with Crippen molar-refractivity contribution in [1.29, 1.82) is 0 Å². The van der Waals surface area contributed by atoms with Crippen molar-refractivity contribution in [3.8, 4) is 0 Å². The second kappa shape index (κ2) is 6.29. The minimum atomic E-state index is -1.28. The van der Waals surface area contributed by atoms with Gasteiger partial charge in [0.05, 0.1) is 12.7 Å². The molecule has 1 fully saturated rings. The first kappa shape index (κ1) is 13.6. The van der Waals surface area contributed by atoms with E-state index in [1.807, 2.05) is 0 Å². The standard InChI is InChI=1S/C8H16O5S2/c9-5-4(3-15)13-8(12-1-2-14)7(11)6(5)10/h4-11,14-15H,1-3H2/t4?,5-,6?,7?,8+/m0/s1. The second-order valence-electron chi connectivity index (χ2n) is 3.29. The topological polar surface area (TPSA) is 79.2 Å². The normalized spacial score (nSPS) is 41.8. The summed E-state index contributed by atoms with van der Waals surface area (Å²) >= 11 is 7.92. The molecule has 1 aliphatic heterocycles. The predicted octanol–water partition coefficient (Wildman–Crippen LogP) is -1.33. The zero-order chi connectivity index (χ0) is 11.4. The van der Waals surface area contributed by atoms with E-state index >= 15 is 0 Å². The van der Waals surface area contributed by atoms with Crippen molar-refractivity contribution in [2.45, 2.75) is 30.7 Å². The molecule has 1 rings (SSSR count). The van der Waals surface area contributed by atoms with Crippen LogP contribution in [0.5, 0.6) is 0 Å². The van der Waals surface area contributed by atoms with E-state index in [1.54, 1.807) is 0 Å². The molecule has 5 atom stereocenters. The highest BCUT2D eigenvalue weighted by Crippen LogP contribution is 2.22. The molecule has 0 radical (unpaired) electrons. The number of aliphatic hydroxyl groups is 3. The van der Waals surface area contributed by atoms with Gasteiger partial charge in [-0.15, -0.1) is 0 Å². The van der Waals surface area contributed by atoms with E-state index in [0.29, 0.717) is 12.4 Å². The number of thiol groups is 2. The summed E-state index contributed by atoms with van der Waals surface area (Å²) in [5.41, 5.74) is 0. The first-order chi connectivity index (χ1) is 7.11. The lowest BCUT2D eigenvalue weighted by molar-refractivity contribution is -0.290. The van der Waals surface area contributed by atoms with Crippen molar-refractivity contribution in [3.05, 3.63) is 0 Å². The smallest absolute Gasteiger partial charge is 0.186 e. The maximum absolute atomic E-state index is 9.54. The van der Waals surface area contributed by atoms with Gasteiger partial charge < -0.3 is 24.8 Å². The summed E-state index contributed by atoms with van der Waals surface area (Å²) in [6.07, 6.45) is -5.26. The molecule has 0 aromatic rings. The van der Waals surface area contributed by atoms with E-state index in [1.165, 1.54) is 0 Å². The van der Waals surface area contributed by atoms with Crippen LogP contribution in [0.15, 0.2) is 0 Å². The lowest BCUT2D eigenvalue weighted by Crippen LogP contribution is -2.58. The molecule has 7 heteroatoms. The minimum absolute atomic E-state index is 0.242. The molecule has 3 N–H and O–H groups in total. The van der Waals surface area contributed by atoms with E-state index in [2.05, 4.69) is 25.3 Å². The number of hydrogen-bond donors (Lipinski definition) is 5. The summed E-state index contributed by atoms with van der Waals surface area (Å²) in [4.78, 5) is 0. The average molecular weight is 256 g/mol. The highest BCUT2D eigenvalue weighted by molar-refractivity contribution is 7.80. The molecule has 0 saturated carbocycles. The van der Waals surface area contributed by atoms with Crippen molar-refractivity contribution < 1.29 is 24.8 Å². The van der Waals surface area contributed by atoms with Crippen LogP contribution in [0, 0.1) is 0 Å². The highest BCUT2D eigenvalue weighted by Gasteiger charge is 2.43. The van der Waals surface area contributed by atoms with Crippen LogP contribution < -0.4 is 0 Å². The largest absolute Gasteiger partial charge is 0.388 e. The van der Waals surface area contributed by atoms with Gasteiger partial charge in [0.1, 0.15) is 18.3 Å². The molecule has 1 aliphatic rings. The van der Waals surface area contributed by atoms with Crippen LogP contribution in [0.3, 0.4) is 0 Å². The van der Waals surface area contributed by atoms with Gasteiger partial charge in [0.2, 0.25) is 0 Å². The van der Waals surface area contributed by atoms with Crippen molar-refractivity contribution in [3.63, 3.8) is 0 Å². The van der Waals surface area contributed by atoms with Gasteiger partial charge in [-0.05, 0) is 0 Å². The third-order valence-corrected chi connectivity index (χ3v) is 2.76. The summed E-state index contributed by atoms with van der Waals surface area (Å²) in [5, 5.41) is 28.5. The Bertz CT molecular complexity index is 192. The summed E-state index contributed by atoms with van der Waals surface area (Å²) in [6.45, 7) is 0.299. The predicted molar refractivity (Wildman–Crippen MR) is 60.3 cm³/mol. The van der Waals surface area contributed by atoms with E-state index in [9.17, 15) is 15.3 Å². The Balaban J connectivity index is 2.57. The van der Waals surface area contributed by atoms with Crippen LogP contribution in [0.4, 0.5) is 0 Å². The molecule has 0 aromatic carbocycles. The fourth-order valence-corrected chi connectivity index (χ4v) is 1.78. The van der Waals surface area contributed by atoms with Gasteiger partial charge in [-0.1, -0.05) is 0 Å². The Morgan fingerprint density at radius 3 is 2.27 bits per heavy atom. The molecular formula is C8H16O5S2. The van der Waals surface area contributed by atoms with Gasteiger partial charge in [-0.3, -0.25) is 0 Å². The summed E-state index contributed by atoms with van der Waals surface area (Å²) < 4.78 is 10.4. The van der Waals surface area contributed by atoms with Crippen molar-refractivity contribution in [2.24, 2.45) is 0 Å². The lowest BCUT2D eigenvalue weighted by Gasteiger charge is -2.39. The average Bonchev–Trinajstić information content (AvgIpc) is 2.25. The number of aliphatic hydroxyl groups excluding tert-OH is 3. The molecule has 0 spiro atoms. The van der Waals surface area contributed by atoms with Gasteiger partial charge in [-0.25, -0.2) is 0 Å². The summed E-state index contributed by atoms with van der Waals surface area (Å²) in [6, 6.07) is 0. The van der Waals surface area contributed by atoms with Gasteiger partial charge >= 0.3 is 0 Å². The summed E-state index contributed by atoms with van der Waals surface area (Å²) in [5.74, 6) is 0.725. The van der Waals surface area contributed by atoms with Crippen LogP contribution in [0.25, 0.3) is 0 Å². The van der Waals surface area contributed by atoms with Crippen LogP contribution in [0.1, 0.15) is 0 Å². The molecule has 15 heavy (non-hydrogen) atoms. The lowest BCUT2D eigenvalue weighted by atomic mass is 10.00. The number of hydrogen-bond acceptors (Lipinski definition) is 7. The molecule has 1 saturated heterocycles. The maximum atomic E-state index is 9.54. The molecule has 0 aliphatic carbocycles. The highest BCUT2D eigenvalue weighted by atomic mass is 32.1. The number of rotatable bonds is 4. The van der Waals surface area contributed by atoms with Crippen molar-refractivity contribution in [1.82, 2.24) is 0 Å². The van der Waals surface area contributed by atoms with Crippen LogP contribution in [-0.4, -0.2) is 64.1 Å². The Labute approximate surface area is 99.2 Å². The second-order valence-corrected chi connectivity index (χ2v) is 4.10. The quantitative estimate of drug-likeness (QED) is 0.403. The SMILES string of the molecule is OC1C(O)[C@@H](O)C(CS)O[C@H]1OCCS. The van der Waals surface area contributed by atoms with Crippen LogP contribution >= 0.6 is 25.3 Å². The molecule has 0 bridgehead atoms. The molecule has 5 nitrogen and oxygen atoms in total. The molecule has 1 heterocycles. The first-order valence-corrected chi connectivity index (χ1v) is 5.91. The van der Waals surface area contributed by atoms with Gasteiger partial charge in [0.25, 0.3) is 0 Å². The van der Waals surface area contributed by atoms with E-state index < -0.39 is 30.7 Å². The fraction of sp³-hybridized carbons (Fsp3) is 1.00. The zero-order valence-electron chi connectivity index (χ0n) is 8.06. The van der Waals surface area contributed by atoms with Crippen LogP contribution in [0.2, 0.25) is 0 Å². The van der Waals surface area contributed by atoms with Gasteiger partial charge in [0.15, 0.2) is 6.29 Å². The third kappa shape index (κ3) is 3.23. The number of ether oxygens (including phenoxy) is 2. The first-order valence-electron chi connectivity index (χ1n) is 4.64. The Kier molecular flexibility index (Phi) is 5.69. The Hall–Kier alpha value is 0.500. The maximum Gasteiger partial charge on any atom is 0.186 e. The molecule has 0 amide bonds. The van der Waals surface area contributed by atoms with Crippen LogP contribution in [-0.2, 0) is 9.47 Å². The zero-order valence-corrected chi connectivity index (χ0v) is 9.85. The Morgan fingerprint density at radius 2 is 1.73 bits per heavy atom. The molecule has 0 aromatic heterocycles. The van der Waals surface area contributed by atoms with Gasteiger partial charge in [0, 0.05) is 11.5 Å². The minimum Gasteiger partial charge on any atom is -0.388 e. The van der Waals surface area contributed by atoms with E-state index in [-0.39, 0.29) is 5.75 Å². The molecule has 3 unspecified atom stereocenters. The van der Waals surface area contributed by atoms with E-state index in [4.69, 9.17) is 9.47 Å². The van der Waals surface area contributed by atoms with Crippen molar-refractivity contribution >= 4 is 25.3 Å². The fourth-order valence-electron chi connectivity index (χ4n) is 1.37. The summed E-state index contributed by atoms with van der Waals surface area (Å²) in [7, 11) is 0. The molecular weight excluding hydrogens is 240 g/mol. The Morgan fingerprint density at radius 1 is 1.07 bits per heavy atom. The van der Waals surface area contributed by atoms with Crippen molar-refractivity contribution in [2.75, 3.05) is 18.1 Å². The monoisotopic (exact) mass is 256 g/mol. The third-order valence-electron chi connectivity index (χ3n) is 2.22. The van der Waals surface area contributed by atoms with E-state index in [0.717, 1.165) is 0 Å². The van der Waals surface area contributed by atoms with Gasteiger partial charge in [-0.2, -0.15) is 25.3 Å².